The van der Waals surface area contributed by atoms with Crippen molar-refractivity contribution in [2.24, 2.45) is 0 Å². The first-order chi connectivity index (χ1) is 9.67. The summed E-state index contributed by atoms with van der Waals surface area (Å²) in [6.07, 6.45) is 2.09. The highest BCUT2D eigenvalue weighted by atomic mass is 16.2. The number of para-hydroxylation sites is 1. The fourth-order valence-corrected chi connectivity index (χ4v) is 2.30. The van der Waals surface area contributed by atoms with Gasteiger partial charge in [-0.3, -0.25) is 4.79 Å². The van der Waals surface area contributed by atoms with Gasteiger partial charge in [0.25, 0.3) is 0 Å². The molecule has 0 fully saturated rings. The SMILES string of the molecule is CCNCc1cn(CC(=O)N(C)CC)c2ccccc12. The average Bonchev–Trinajstić information content (AvgIpc) is 2.82. The van der Waals surface area contributed by atoms with Gasteiger partial charge in [0.1, 0.15) is 6.54 Å². The van der Waals surface area contributed by atoms with Gasteiger partial charge in [-0.25, -0.2) is 0 Å². The number of rotatable bonds is 6. The fourth-order valence-electron chi connectivity index (χ4n) is 2.30. The predicted octanol–water partition coefficient (Wildman–Crippen LogP) is 2.23. The van der Waals surface area contributed by atoms with Crippen LogP contribution in [0.15, 0.2) is 30.5 Å². The molecule has 0 saturated heterocycles. The Kier molecular flexibility index (Phi) is 4.79. The zero-order valence-corrected chi connectivity index (χ0v) is 12.5. The van der Waals surface area contributed by atoms with Crippen molar-refractivity contribution in [3.8, 4) is 0 Å². The van der Waals surface area contributed by atoms with Crippen LogP contribution in [-0.4, -0.2) is 35.5 Å². The quantitative estimate of drug-likeness (QED) is 0.876. The summed E-state index contributed by atoms with van der Waals surface area (Å²) in [5.74, 6) is 0.142. The Hall–Kier alpha value is -1.81. The van der Waals surface area contributed by atoms with Gasteiger partial charge in [0.05, 0.1) is 0 Å². The summed E-state index contributed by atoms with van der Waals surface area (Å²) in [7, 11) is 1.84. The van der Waals surface area contributed by atoms with E-state index < -0.39 is 0 Å². The van der Waals surface area contributed by atoms with Crippen molar-refractivity contribution < 1.29 is 4.79 Å². The smallest absolute Gasteiger partial charge is 0.242 e. The summed E-state index contributed by atoms with van der Waals surface area (Å²) in [6.45, 7) is 7.00. The van der Waals surface area contributed by atoms with Crippen molar-refractivity contribution in [2.75, 3.05) is 20.1 Å². The van der Waals surface area contributed by atoms with Crippen molar-refractivity contribution in [1.29, 1.82) is 0 Å². The molecule has 1 aromatic carbocycles. The van der Waals surface area contributed by atoms with E-state index in [0.29, 0.717) is 6.54 Å². The maximum absolute atomic E-state index is 12.1. The minimum absolute atomic E-state index is 0.142. The Balaban J connectivity index is 2.31. The van der Waals surface area contributed by atoms with Crippen LogP contribution in [0.5, 0.6) is 0 Å². The molecule has 0 atom stereocenters. The lowest BCUT2D eigenvalue weighted by molar-refractivity contribution is -0.130. The van der Waals surface area contributed by atoms with Crippen LogP contribution in [0, 0.1) is 0 Å². The van der Waals surface area contributed by atoms with Gasteiger partial charge in [0.15, 0.2) is 0 Å². The Morgan fingerprint density at radius 1 is 1.30 bits per heavy atom. The number of benzene rings is 1. The summed E-state index contributed by atoms with van der Waals surface area (Å²) in [5.41, 5.74) is 2.37. The predicted molar refractivity (Wildman–Crippen MR) is 82.6 cm³/mol. The Morgan fingerprint density at radius 2 is 2.05 bits per heavy atom. The number of amides is 1. The van der Waals surface area contributed by atoms with E-state index in [4.69, 9.17) is 0 Å². The molecule has 2 aromatic rings. The number of fused-ring (bicyclic) bond motifs is 1. The molecule has 1 aromatic heterocycles. The highest BCUT2D eigenvalue weighted by Crippen LogP contribution is 2.21. The molecule has 0 saturated carbocycles. The third-order valence-electron chi connectivity index (χ3n) is 3.64. The van der Waals surface area contributed by atoms with E-state index in [1.165, 1.54) is 10.9 Å². The molecular weight excluding hydrogens is 250 g/mol. The minimum atomic E-state index is 0.142. The summed E-state index contributed by atoms with van der Waals surface area (Å²) in [4.78, 5) is 13.8. The first-order valence-electron chi connectivity index (χ1n) is 7.18. The van der Waals surface area contributed by atoms with Crippen molar-refractivity contribution in [3.63, 3.8) is 0 Å². The number of hydrogen-bond acceptors (Lipinski definition) is 2. The Labute approximate surface area is 120 Å². The lowest BCUT2D eigenvalue weighted by atomic mass is 10.2. The van der Waals surface area contributed by atoms with Crippen LogP contribution < -0.4 is 5.32 Å². The molecule has 0 aliphatic carbocycles. The van der Waals surface area contributed by atoms with Crippen LogP contribution in [0.1, 0.15) is 19.4 Å². The number of carbonyl (C=O) groups excluding carboxylic acids is 1. The van der Waals surface area contributed by atoms with E-state index in [1.54, 1.807) is 4.90 Å². The zero-order valence-electron chi connectivity index (χ0n) is 12.5. The summed E-state index contributed by atoms with van der Waals surface area (Å²) >= 11 is 0. The first-order valence-corrected chi connectivity index (χ1v) is 7.18. The molecule has 0 bridgehead atoms. The van der Waals surface area contributed by atoms with Gasteiger partial charge in [-0.1, -0.05) is 25.1 Å². The molecule has 1 heterocycles. The van der Waals surface area contributed by atoms with Gasteiger partial charge < -0.3 is 14.8 Å². The molecule has 1 amide bonds. The zero-order chi connectivity index (χ0) is 14.5. The fraction of sp³-hybridized carbons (Fsp3) is 0.438. The molecule has 1 N–H and O–H groups in total. The number of likely N-dealkylation sites (N-methyl/N-ethyl adjacent to an activating group) is 1. The van der Waals surface area contributed by atoms with Crippen LogP contribution >= 0.6 is 0 Å². The maximum atomic E-state index is 12.1. The lowest BCUT2D eigenvalue weighted by Gasteiger charge is -2.15. The first kappa shape index (κ1) is 14.6. The molecular formula is C16H23N3O. The van der Waals surface area contributed by atoms with Crippen molar-refractivity contribution in [1.82, 2.24) is 14.8 Å². The van der Waals surface area contributed by atoms with Crippen molar-refractivity contribution in [2.45, 2.75) is 26.9 Å². The molecule has 0 aliphatic heterocycles. The highest BCUT2D eigenvalue weighted by Gasteiger charge is 2.12. The number of aromatic nitrogens is 1. The van der Waals surface area contributed by atoms with E-state index in [2.05, 4.69) is 35.1 Å². The molecule has 0 radical (unpaired) electrons. The monoisotopic (exact) mass is 273 g/mol. The van der Waals surface area contributed by atoms with E-state index in [9.17, 15) is 4.79 Å². The molecule has 4 heteroatoms. The van der Waals surface area contributed by atoms with Crippen molar-refractivity contribution in [3.05, 3.63) is 36.0 Å². The maximum Gasteiger partial charge on any atom is 0.242 e. The third-order valence-corrected chi connectivity index (χ3v) is 3.64. The minimum Gasteiger partial charge on any atom is -0.344 e. The molecule has 0 unspecified atom stereocenters. The summed E-state index contributed by atoms with van der Waals surface area (Å²) in [5, 5.41) is 4.57. The highest BCUT2D eigenvalue weighted by molar-refractivity contribution is 5.86. The standard InChI is InChI=1S/C16H23N3O/c1-4-17-10-13-11-19(12-16(20)18(3)5-2)15-9-7-6-8-14(13)15/h6-9,11,17H,4-5,10,12H2,1-3H3. The van der Waals surface area contributed by atoms with Gasteiger partial charge >= 0.3 is 0 Å². The largest absolute Gasteiger partial charge is 0.344 e. The molecule has 4 nitrogen and oxygen atoms in total. The second-order valence-corrected chi connectivity index (χ2v) is 4.99. The van der Waals surface area contributed by atoms with Crippen LogP contribution in [0.2, 0.25) is 0 Å². The Bertz CT molecular complexity index is 588. The number of carbonyl (C=O) groups is 1. The molecule has 0 spiro atoms. The summed E-state index contributed by atoms with van der Waals surface area (Å²) in [6, 6.07) is 8.25. The summed E-state index contributed by atoms with van der Waals surface area (Å²) < 4.78 is 2.05. The normalized spacial score (nSPS) is 10.9. The van der Waals surface area contributed by atoms with Gasteiger partial charge in [-0.15, -0.1) is 0 Å². The van der Waals surface area contributed by atoms with Crippen LogP contribution in [0.3, 0.4) is 0 Å². The third kappa shape index (κ3) is 3.02. The molecule has 20 heavy (non-hydrogen) atoms. The van der Waals surface area contributed by atoms with Gasteiger partial charge in [0.2, 0.25) is 5.91 Å². The number of nitrogens with one attached hydrogen (secondary N) is 1. The van der Waals surface area contributed by atoms with Crippen LogP contribution in [-0.2, 0) is 17.9 Å². The van der Waals surface area contributed by atoms with Crippen molar-refractivity contribution >= 4 is 16.8 Å². The van der Waals surface area contributed by atoms with Gasteiger partial charge in [-0.05, 0) is 25.1 Å². The van der Waals surface area contributed by atoms with Gasteiger partial charge in [0, 0.05) is 37.2 Å². The average molecular weight is 273 g/mol. The van der Waals surface area contributed by atoms with E-state index in [-0.39, 0.29) is 5.91 Å². The van der Waals surface area contributed by atoms with E-state index in [1.807, 2.05) is 26.1 Å². The van der Waals surface area contributed by atoms with Gasteiger partial charge in [-0.2, -0.15) is 0 Å². The molecule has 2 rings (SSSR count). The number of hydrogen-bond donors (Lipinski definition) is 1. The topological polar surface area (TPSA) is 37.3 Å². The van der Waals surface area contributed by atoms with Crippen LogP contribution in [0.25, 0.3) is 10.9 Å². The van der Waals surface area contributed by atoms with E-state index >= 15 is 0 Å². The number of nitrogens with zero attached hydrogens (tertiary/aromatic N) is 2. The van der Waals surface area contributed by atoms with Crippen LogP contribution in [0.4, 0.5) is 0 Å². The second-order valence-electron chi connectivity index (χ2n) is 4.99. The molecule has 0 aliphatic rings. The Morgan fingerprint density at radius 3 is 2.75 bits per heavy atom. The molecule has 108 valence electrons. The van der Waals surface area contributed by atoms with E-state index in [0.717, 1.165) is 25.2 Å². The lowest BCUT2D eigenvalue weighted by Crippen LogP contribution is -2.29. The second kappa shape index (κ2) is 6.57.